The zero-order valence-electron chi connectivity index (χ0n) is 12.6. The summed E-state index contributed by atoms with van der Waals surface area (Å²) < 4.78 is 27.5. The molecule has 0 unspecified atom stereocenters. The molecule has 0 atom stereocenters. The smallest absolute Gasteiger partial charge is 0.263 e. The Kier molecular flexibility index (Phi) is 4.87. The Hall–Kier alpha value is -1.86. The number of aryl methyl sites for hydroxylation is 2. The Bertz CT molecular complexity index is 795. The average molecular weight is 338 g/mol. The maximum Gasteiger partial charge on any atom is 0.263 e. The van der Waals surface area contributed by atoms with Gasteiger partial charge in [0.2, 0.25) is 0 Å². The first-order chi connectivity index (χ1) is 10.3. The van der Waals surface area contributed by atoms with E-state index in [0.717, 1.165) is 5.56 Å². The number of sulfonamides is 1. The van der Waals surface area contributed by atoms with Crippen LogP contribution in [0.3, 0.4) is 0 Å². The molecule has 7 heteroatoms. The largest absolute Gasteiger partial charge is 0.352 e. The highest BCUT2D eigenvalue weighted by Gasteiger charge is 2.22. The predicted molar refractivity (Wildman–Crippen MR) is 89.1 cm³/mol. The number of amides is 1. The average Bonchev–Trinajstić information content (AvgIpc) is 2.81. The van der Waals surface area contributed by atoms with Crippen molar-refractivity contribution >= 4 is 33.0 Å². The molecule has 0 aliphatic rings. The summed E-state index contributed by atoms with van der Waals surface area (Å²) in [6.07, 6.45) is 0. The standard InChI is InChI=1S/C15H18N2O3S2/c1-4-16-15(18)13-9-14(11(3)21-13)22(19,20)17-12-7-5-6-10(2)8-12/h5-9,17H,4H2,1-3H3,(H,16,18). The number of rotatable bonds is 5. The molecule has 0 saturated heterocycles. The molecule has 0 aliphatic heterocycles. The number of carbonyl (C=O) groups excluding carboxylic acids is 1. The minimum Gasteiger partial charge on any atom is -0.352 e. The summed E-state index contributed by atoms with van der Waals surface area (Å²) in [6, 6.07) is 8.54. The van der Waals surface area contributed by atoms with Crippen molar-refractivity contribution in [1.82, 2.24) is 5.32 Å². The molecular formula is C15H18N2O3S2. The van der Waals surface area contributed by atoms with Gasteiger partial charge in [0.15, 0.2) is 0 Å². The fourth-order valence-electron chi connectivity index (χ4n) is 2.01. The van der Waals surface area contributed by atoms with Crippen molar-refractivity contribution < 1.29 is 13.2 Å². The molecule has 0 spiro atoms. The van der Waals surface area contributed by atoms with Gasteiger partial charge in [-0.1, -0.05) is 12.1 Å². The number of thiophene rings is 1. The molecule has 0 bridgehead atoms. The van der Waals surface area contributed by atoms with Crippen LogP contribution in [0.15, 0.2) is 35.2 Å². The number of hydrogen-bond acceptors (Lipinski definition) is 4. The number of anilines is 1. The summed E-state index contributed by atoms with van der Waals surface area (Å²) >= 11 is 1.17. The molecule has 2 aromatic rings. The summed E-state index contributed by atoms with van der Waals surface area (Å²) in [7, 11) is -3.71. The molecule has 2 N–H and O–H groups in total. The van der Waals surface area contributed by atoms with E-state index in [1.165, 1.54) is 17.4 Å². The molecule has 1 aromatic heterocycles. The van der Waals surface area contributed by atoms with Crippen LogP contribution in [-0.2, 0) is 10.0 Å². The molecule has 2 rings (SSSR count). The zero-order chi connectivity index (χ0) is 16.3. The van der Waals surface area contributed by atoms with E-state index in [2.05, 4.69) is 10.0 Å². The van der Waals surface area contributed by atoms with Crippen LogP contribution >= 0.6 is 11.3 Å². The Balaban J connectivity index is 2.32. The predicted octanol–water partition coefficient (Wildman–Crippen LogP) is 2.92. The summed E-state index contributed by atoms with van der Waals surface area (Å²) in [5, 5.41) is 2.67. The Morgan fingerprint density at radius 2 is 1.95 bits per heavy atom. The van der Waals surface area contributed by atoms with Crippen LogP contribution < -0.4 is 10.0 Å². The van der Waals surface area contributed by atoms with Crippen molar-refractivity contribution in [3.05, 3.63) is 45.6 Å². The third-order valence-corrected chi connectivity index (χ3v) is 5.68. The van der Waals surface area contributed by atoms with Gasteiger partial charge in [-0.3, -0.25) is 9.52 Å². The lowest BCUT2D eigenvalue weighted by molar-refractivity contribution is 0.0959. The van der Waals surface area contributed by atoms with Crippen LogP contribution in [0, 0.1) is 13.8 Å². The second-order valence-electron chi connectivity index (χ2n) is 4.87. The molecule has 5 nitrogen and oxygen atoms in total. The normalized spacial score (nSPS) is 11.2. The van der Waals surface area contributed by atoms with Gasteiger partial charge in [-0.25, -0.2) is 8.42 Å². The maximum atomic E-state index is 12.5. The van der Waals surface area contributed by atoms with Gasteiger partial charge in [0.25, 0.3) is 15.9 Å². The third kappa shape index (κ3) is 3.66. The fraction of sp³-hybridized carbons (Fsp3) is 0.267. The fourth-order valence-corrected chi connectivity index (χ4v) is 4.57. The van der Waals surface area contributed by atoms with Crippen LogP contribution in [0.1, 0.15) is 27.0 Å². The quantitative estimate of drug-likeness (QED) is 0.880. The molecule has 0 saturated carbocycles. The molecule has 1 heterocycles. The highest BCUT2D eigenvalue weighted by molar-refractivity contribution is 7.93. The molecule has 1 amide bonds. The molecule has 22 heavy (non-hydrogen) atoms. The summed E-state index contributed by atoms with van der Waals surface area (Å²) in [5.74, 6) is -0.257. The van der Waals surface area contributed by atoms with Crippen molar-refractivity contribution in [2.75, 3.05) is 11.3 Å². The van der Waals surface area contributed by atoms with Crippen LogP contribution in [-0.4, -0.2) is 20.9 Å². The molecular weight excluding hydrogens is 320 g/mol. The van der Waals surface area contributed by atoms with Gasteiger partial charge in [-0.15, -0.1) is 11.3 Å². The first-order valence-electron chi connectivity index (χ1n) is 6.81. The van der Waals surface area contributed by atoms with Crippen LogP contribution in [0.2, 0.25) is 0 Å². The molecule has 0 fully saturated rings. The first kappa shape index (κ1) is 16.5. The van der Waals surface area contributed by atoms with E-state index in [4.69, 9.17) is 0 Å². The topological polar surface area (TPSA) is 75.3 Å². The zero-order valence-corrected chi connectivity index (χ0v) is 14.3. The second-order valence-corrected chi connectivity index (χ2v) is 7.77. The monoisotopic (exact) mass is 338 g/mol. The minimum absolute atomic E-state index is 0.139. The van der Waals surface area contributed by atoms with Gasteiger partial charge in [-0.05, 0) is 44.5 Å². The minimum atomic E-state index is -3.71. The van der Waals surface area contributed by atoms with Gasteiger partial charge >= 0.3 is 0 Å². The lowest BCUT2D eigenvalue weighted by Crippen LogP contribution is -2.21. The van der Waals surface area contributed by atoms with Crippen LogP contribution in [0.5, 0.6) is 0 Å². The second kappa shape index (κ2) is 6.50. The van der Waals surface area contributed by atoms with E-state index in [0.29, 0.717) is 22.0 Å². The Morgan fingerprint density at radius 1 is 1.23 bits per heavy atom. The summed E-state index contributed by atoms with van der Waals surface area (Å²) in [4.78, 5) is 12.9. The third-order valence-electron chi connectivity index (χ3n) is 2.99. The Labute approximate surface area is 134 Å². The number of benzene rings is 1. The number of carbonyl (C=O) groups is 1. The maximum absolute atomic E-state index is 12.5. The number of nitrogens with one attached hydrogen (secondary N) is 2. The van der Waals surface area contributed by atoms with E-state index in [1.54, 1.807) is 25.1 Å². The SMILES string of the molecule is CCNC(=O)c1cc(S(=O)(=O)Nc2cccc(C)c2)c(C)s1. The summed E-state index contributed by atoms with van der Waals surface area (Å²) in [5.41, 5.74) is 1.47. The van der Waals surface area contributed by atoms with E-state index in [9.17, 15) is 13.2 Å². The van der Waals surface area contributed by atoms with Gasteiger partial charge in [-0.2, -0.15) is 0 Å². The van der Waals surface area contributed by atoms with Gasteiger partial charge < -0.3 is 5.32 Å². The molecule has 1 aromatic carbocycles. The van der Waals surface area contributed by atoms with E-state index in [-0.39, 0.29) is 10.8 Å². The Morgan fingerprint density at radius 3 is 2.59 bits per heavy atom. The van der Waals surface area contributed by atoms with Crippen molar-refractivity contribution in [2.45, 2.75) is 25.7 Å². The lowest BCUT2D eigenvalue weighted by atomic mass is 10.2. The highest BCUT2D eigenvalue weighted by Crippen LogP contribution is 2.27. The van der Waals surface area contributed by atoms with Crippen molar-refractivity contribution in [1.29, 1.82) is 0 Å². The molecule has 0 aliphatic carbocycles. The van der Waals surface area contributed by atoms with Gasteiger partial charge in [0.1, 0.15) is 4.90 Å². The van der Waals surface area contributed by atoms with Crippen molar-refractivity contribution in [3.63, 3.8) is 0 Å². The summed E-state index contributed by atoms with van der Waals surface area (Å²) in [6.45, 7) is 5.90. The van der Waals surface area contributed by atoms with E-state index in [1.807, 2.05) is 19.9 Å². The van der Waals surface area contributed by atoms with E-state index >= 15 is 0 Å². The van der Waals surface area contributed by atoms with Crippen molar-refractivity contribution in [3.8, 4) is 0 Å². The van der Waals surface area contributed by atoms with Crippen LogP contribution in [0.25, 0.3) is 0 Å². The number of hydrogen-bond donors (Lipinski definition) is 2. The van der Waals surface area contributed by atoms with Crippen LogP contribution in [0.4, 0.5) is 5.69 Å². The lowest BCUT2D eigenvalue weighted by Gasteiger charge is -2.08. The highest BCUT2D eigenvalue weighted by atomic mass is 32.2. The van der Waals surface area contributed by atoms with Gasteiger partial charge in [0, 0.05) is 17.1 Å². The van der Waals surface area contributed by atoms with Gasteiger partial charge in [0.05, 0.1) is 4.88 Å². The van der Waals surface area contributed by atoms with Crippen molar-refractivity contribution in [2.24, 2.45) is 0 Å². The molecule has 0 radical (unpaired) electrons. The first-order valence-corrected chi connectivity index (χ1v) is 9.11. The molecule has 118 valence electrons. The van der Waals surface area contributed by atoms with E-state index < -0.39 is 10.0 Å².